The smallest absolute Gasteiger partial charge is 0.263 e. The Balaban J connectivity index is 1.50. The third-order valence-electron chi connectivity index (χ3n) is 6.84. The number of likely N-dealkylation sites (N-methyl/N-ethyl adjacent to an activating group) is 1. The SMILES string of the molecule is COc1cccc(C(=O)N2CCC([C@@H](Cc3ccccc3)N(C)C(=O)c3cccs3)CC2)c1OC. The molecule has 0 saturated carbocycles. The van der Waals surface area contributed by atoms with Gasteiger partial charge in [0.25, 0.3) is 11.8 Å². The largest absolute Gasteiger partial charge is 0.493 e. The van der Waals surface area contributed by atoms with E-state index in [1.807, 2.05) is 58.6 Å². The fraction of sp³-hybridized carbons (Fsp3) is 0.357. The molecule has 4 rings (SSSR count). The van der Waals surface area contributed by atoms with Gasteiger partial charge in [-0.2, -0.15) is 0 Å². The first-order valence-corrected chi connectivity index (χ1v) is 12.8. The molecule has 7 heteroatoms. The number of amides is 2. The molecule has 2 aromatic carbocycles. The van der Waals surface area contributed by atoms with Crippen LogP contribution in [0.5, 0.6) is 11.5 Å². The molecule has 0 radical (unpaired) electrons. The normalized spacial score (nSPS) is 14.9. The van der Waals surface area contributed by atoms with Gasteiger partial charge >= 0.3 is 0 Å². The van der Waals surface area contributed by atoms with Gasteiger partial charge in [0, 0.05) is 26.2 Å². The Kier molecular flexibility index (Phi) is 8.08. The van der Waals surface area contributed by atoms with Crippen molar-refractivity contribution in [2.24, 2.45) is 5.92 Å². The van der Waals surface area contributed by atoms with Crippen LogP contribution in [0.4, 0.5) is 0 Å². The molecule has 0 bridgehead atoms. The van der Waals surface area contributed by atoms with Gasteiger partial charge in [0.1, 0.15) is 0 Å². The minimum Gasteiger partial charge on any atom is -0.493 e. The summed E-state index contributed by atoms with van der Waals surface area (Å²) in [5.74, 6) is 1.30. The maximum atomic E-state index is 13.3. The van der Waals surface area contributed by atoms with Crippen LogP contribution in [0, 0.1) is 5.92 Å². The zero-order valence-electron chi connectivity index (χ0n) is 20.5. The standard InChI is InChI=1S/C28H32N2O4S/c1-29(28(32)25-13-8-18-35-25)23(19-20-9-5-4-6-10-20)21-14-16-30(17-15-21)27(31)22-11-7-12-24(33-2)26(22)34-3/h4-13,18,21,23H,14-17,19H2,1-3H3/t23-/m1/s1. The topological polar surface area (TPSA) is 59.1 Å². The minimum absolute atomic E-state index is 0.0515. The van der Waals surface area contributed by atoms with Gasteiger partial charge < -0.3 is 19.3 Å². The first kappa shape index (κ1) is 24.8. The molecule has 35 heavy (non-hydrogen) atoms. The molecule has 0 spiro atoms. The number of piperidine rings is 1. The molecule has 6 nitrogen and oxygen atoms in total. The lowest BCUT2D eigenvalue weighted by atomic mass is 9.84. The molecule has 1 fully saturated rings. The van der Waals surface area contributed by atoms with Crippen molar-refractivity contribution in [3.05, 3.63) is 82.0 Å². The van der Waals surface area contributed by atoms with Crippen LogP contribution < -0.4 is 9.47 Å². The van der Waals surface area contributed by atoms with E-state index in [1.54, 1.807) is 26.4 Å². The fourth-order valence-corrected chi connectivity index (χ4v) is 5.62. The predicted octanol–water partition coefficient (Wildman–Crippen LogP) is 5.00. The Hall–Kier alpha value is -3.32. The molecule has 2 heterocycles. The molecule has 3 aromatic rings. The van der Waals surface area contributed by atoms with E-state index in [9.17, 15) is 9.59 Å². The summed E-state index contributed by atoms with van der Waals surface area (Å²) in [7, 11) is 5.03. The number of ether oxygens (including phenoxy) is 2. The third-order valence-corrected chi connectivity index (χ3v) is 7.70. The Bertz CT molecular complexity index is 1130. The van der Waals surface area contributed by atoms with Gasteiger partial charge in [-0.1, -0.05) is 42.5 Å². The molecule has 1 aliphatic heterocycles. The highest BCUT2D eigenvalue weighted by Gasteiger charge is 2.34. The van der Waals surface area contributed by atoms with Crippen LogP contribution in [-0.2, 0) is 6.42 Å². The quantitative estimate of drug-likeness (QED) is 0.444. The van der Waals surface area contributed by atoms with Gasteiger partial charge in [-0.05, 0) is 54.3 Å². The zero-order valence-corrected chi connectivity index (χ0v) is 21.3. The summed E-state index contributed by atoms with van der Waals surface area (Å²) in [6, 6.07) is 19.5. The van der Waals surface area contributed by atoms with E-state index in [-0.39, 0.29) is 17.9 Å². The lowest BCUT2D eigenvalue weighted by Crippen LogP contribution is -2.48. The molecule has 1 aromatic heterocycles. The first-order valence-electron chi connectivity index (χ1n) is 11.9. The summed E-state index contributed by atoms with van der Waals surface area (Å²) in [6.07, 6.45) is 2.45. The van der Waals surface area contributed by atoms with Crippen LogP contribution in [0.1, 0.15) is 38.4 Å². The summed E-state index contributed by atoms with van der Waals surface area (Å²) in [6.45, 7) is 1.27. The number of methoxy groups -OCH3 is 2. The molecular formula is C28H32N2O4S. The van der Waals surface area contributed by atoms with Crippen LogP contribution >= 0.6 is 11.3 Å². The van der Waals surface area contributed by atoms with E-state index in [2.05, 4.69) is 12.1 Å². The molecule has 1 aliphatic rings. The molecule has 0 N–H and O–H groups in total. The number of benzene rings is 2. The van der Waals surface area contributed by atoms with E-state index in [1.165, 1.54) is 16.9 Å². The molecule has 1 saturated heterocycles. The van der Waals surface area contributed by atoms with E-state index in [0.29, 0.717) is 36.1 Å². The van der Waals surface area contributed by atoms with E-state index < -0.39 is 0 Å². The number of hydrogen-bond acceptors (Lipinski definition) is 5. The maximum absolute atomic E-state index is 13.3. The van der Waals surface area contributed by atoms with Crippen molar-refractivity contribution in [3.8, 4) is 11.5 Å². The number of carbonyl (C=O) groups excluding carboxylic acids is 2. The van der Waals surface area contributed by atoms with E-state index >= 15 is 0 Å². The van der Waals surface area contributed by atoms with Crippen LogP contribution in [0.2, 0.25) is 0 Å². The lowest BCUT2D eigenvalue weighted by Gasteiger charge is -2.40. The van der Waals surface area contributed by atoms with Gasteiger partial charge in [-0.3, -0.25) is 9.59 Å². The van der Waals surface area contributed by atoms with Crippen molar-refractivity contribution in [2.45, 2.75) is 25.3 Å². The fourth-order valence-electron chi connectivity index (χ4n) is 4.91. The Morgan fingerprint density at radius 1 is 1.00 bits per heavy atom. The van der Waals surface area contributed by atoms with Crippen molar-refractivity contribution in [3.63, 3.8) is 0 Å². The molecule has 1 atom stereocenters. The number of thiophene rings is 1. The van der Waals surface area contributed by atoms with Crippen molar-refractivity contribution < 1.29 is 19.1 Å². The monoisotopic (exact) mass is 492 g/mol. The second-order valence-electron chi connectivity index (χ2n) is 8.82. The molecule has 0 aliphatic carbocycles. The summed E-state index contributed by atoms with van der Waals surface area (Å²) < 4.78 is 10.8. The summed E-state index contributed by atoms with van der Waals surface area (Å²) in [4.78, 5) is 31.1. The highest BCUT2D eigenvalue weighted by Crippen LogP contribution is 2.33. The van der Waals surface area contributed by atoms with Crippen LogP contribution in [0.15, 0.2) is 66.0 Å². The molecule has 184 valence electrons. The number of likely N-dealkylation sites (tertiary alicyclic amines) is 1. The average molecular weight is 493 g/mol. The maximum Gasteiger partial charge on any atom is 0.263 e. The molecule has 2 amide bonds. The van der Waals surface area contributed by atoms with Crippen LogP contribution in [0.3, 0.4) is 0 Å². The third kappa shape index (κ3) is 5.51. The summed E-state index contributed by atoms with van der Waals surface area (Å²) in [5, 5.41) is 1.93. The van der Waals surface area contributed by atoms with Crippen molar-refractivity contribution in [1.29, 1.82) is 0 Å². The van der Waals surface area contributed by atoms with Gasteiger partial charge in [0.05, 0.1) is 24.7 Å². The van der Waals surface area contributed by atoms with E-state index in [0.717, 1.165) is 24.1 Å². The zero-order chi connectivity index (χ0) is 24.8. The number of carbonyl (C=O) groups is 2. The first-order chi connectivity index (χ1) is 17.0. The highest BCUT2D eigenvalue weighted by molar-refractivity contribution is 7.12. The molecular weight excluding hydrogens is 460 g/mol. The van der Waals surface area contributed by atoms with Crippen molar-refractivity contribution in [1.82, 2.24) is 9.80 Å². The average Bonchev–Trinajstić information content (AvgIpc) is 3.46. The van der Waals surface area contributed by atoms with Crippen molar-refractivity contribution >= 4 is 23.2 Å². The number of para-hydroxylation sites is 1. The van der Waals surface area contributed by atoms with Crippen molar-refractivity contribution in [2.75, 3.05) is 34.4 Å². The van der Waals surface area contributed by atoms with E-state index in [4.69, 9.17) is 9.47 Å². The number of nitrogens with zero attached hydrogens (tertiary/aromatic N) is 2. The summed E-state index contributed by atoms with van der Waals surface area (Å²) >= 11 is 1.47. The number of hydrogen-bond donors (Lipinski definition) is 0. The highest BCUT2D eigenvalue weighted by atomic mass is 32.1. The Morgan fingerprint density at radius 3 is 2.37 bits per heavy atom. The molecule has 0 unspecified atom stereocenters. The van der Waals surface area contributed by atoms with Gasteiger partial charge in [-0.15, -0.1) is 11.3 Å². The van der Waals surface area contributed by atoms with Gasteiger partial charge in [-0.25, -0.2) is 0 Å². The minimum atomic E-state index is -0.0539. The summed E-state index contributed by atoms with van der Waals surface area (Å²) in [5.41, 5.74) is 1.72. The second kappa shape index (κ2) is 11.4. The lowest BCUT2D eigenvalue weighted by molar-refractivity contribution is 0.0523. The second-order valence-corrected chi connectivity index (χ2v) is 9.77. The Morgan fingerprint density at radius 2 is 1.74 bits per heavy atom. The number of rotatable bonds is 8. The Labute approximate surface area is 211 Å². The predicted molar refractivity (Wildman–Crippen MR) is 139 cm³/mol. The van der Waals surface area contributed by atoms with Crippen LogP contribution in [-0.4, -0.2) is 62.0 Å². The van der Waals surface area contributed by atoms with Gasteiger partial charge in [0.15, 0.2) is 11.5 Å². The van der Waals surface area contributed by atoms with Gasteiger partial charge in [0.2, 0.25) is 0 Å². The van der Waals surface area contributed by atoms with Crippen LogP contribution in [0.25, 0.3) is 0 Å².